The Hall–Kier alpha value is -3.98. The minimum absolute atomic E-state index is 0.0295. The number of aromatic nitrogens is 1. The van der Waals surface area contributed by atoms with E-state index in [-0.39, 0.29) is 37.0 Å². The highest BCUT2D eigenvalue weighted by Gasteiger charge is 2.46. The number of hydrogen-bond acceptors (Lipinski definition) is 7. The van der Waals surface area contributed by atoms with E-state index in [4.69, 9.17) is 24.9 Å². The van der Waals surface area contributed by atoms with Crippen molar-refractivity contribution in [3.63, 3.8) is 0 Å². The Morgan fingerprint density at radius 3 is 2.39 bits per heavy atom. The van der Waals surface area contributed by atoms with Crippen molar-refractivity contribution in [3.05, 3.63) is 71.2 Å². The maximum atomic E-state index is 13.9. The molecule has 1 aromatic heterocycles. The molecule has 1 amide bonds. The second-order valence-electron chi connectivity index (χ2n) is 9.45. The van der Waals surface area contributed by atoms with Gasteiger partial charge in [0.2, 0.25) is 0 Å². The zero-order valence-corrected chi connectivity index (χ0v) is 21.6. The summed E-state index contributed by atoms with van der Waals surface area (Å²) in [6.45, 7) is 1.36. The third-order valence-corrected chi connectivity index (χ3v) is 6.79. The molecule has 3 N–H and O–H groups in total. The first kappa shape index (κ1) is 27.1. The summed E-state index contributed by atoms with van der Waals surface area (Å²) >= 11 is 0. The van der Waals surface area contributed by atoms with Gasteiger partial charge in [-0.15, -0.1) is 0 Å². The Balaban J connectivity index is 1.58. The molecule has 0 aliphatic heterocycles. The summed E-state index contributed by atoms with van der Waals surface area (Å²) < 4.78 is 30.0. The fourth-order valence-electron chi connectivity index (χ4n) is 4.51. The molecule has 1 heterocycles. The van der Waals surface area contributed by atoms with Crippen LogP contribution in [0.4, 0.5) is 4.39 Å². The number of aryl methyl sites for hydroxylation is 1. The van der Waals surface area contributed by atoms with Gasteiger partial charge in [0.1, 0.15) is 22.9 Å². The van der Waals surface area contributed by atoms with E-state index in [0.717, 1.165) is 12.8 Å². The lowest BCUT2D eigenvalue weighted by Crippen LogP contribution is -2.30. The van der Waals surface area contributed by atoms with Crippen molar-refractivity contribution in [2.24, 2.45) is 11.7 Å². The number of carbonyl (C=O) groups excluding carboxylic acids is 2. The maximum absolute atomic E-state index is 13.9. The zero-order valence-electron chi connectivity index (χ0n) is 21.6. The lowest BCUT2D eigenvalue weighted by molar-refractivity contribution is -0.119. The minimum Gasteiger partial charge on any atom is -0.494 e. The number of nitrogens with zero attached hydrogens (tertiary/aromatic N) is 1. The number of primary amides is 1. The quantitative estimate of drug-likeness (QED) is 0.340. The normalized spacial score (nSPS) is 14.4. The van der Waals surface area contributed by atoms with E-state index < -0.39 is 11.5 Å². The van der Waals surface area contributed by atoms with Gasteiger partial charge in [0.15, 0.2) is 23.9 Å². The van der Waals surface area contributed by atoms with E-state index >= 15 is 0 Å². The predicted molar refractivity (Wildman–Crippen MR) is 139 cm³/mol. The van der Waals surface area contributed by atoms with Crippen LogP contribution in [0.1, 0.15) is 47.3 Å². The monoisotopic (exact) mass is 522 g/mol. The maximum Gasteiger partial charge on any atom is 0.255 e. The molecule has 0 spiro atoms. The van der Waals surface area contributed by atoms with E-state index in [2.05, 4.69) is 0 Å². The summed E-state index contributed by atoms with van der Waals surface area (Å²) in [5.74, 6) is -0.0733. The van der Waals surface area contributed by atoms with Crippen molar-refractivity contribution in [3.8, 4) is 28.5 Å². The first-order chi connectivity index (χ1) is 18.2. The smallest absolute Gasteiger partial charge is 0.255 e. The van der Waals surface area contributed by atoms with Crippen molar-refractivity contribution in [2.45, 2.75) is 38.2 Å². The van der Waals surface area contributed by atoms with Gasteiger partial charge < -0.3 is 25.1 Å². The fraction of sp³-hybridized carbons (Fsp3) is 0.345. The Morgan fingerprint density at radius 2 is 1.76 bits per heavy atom. The number of pyridine rings is 1. The SMILES string of the molecule is COc1cc(C(=O)CC[C@@](O)(c2ccc(OC)c(-c3ccc(F)c(C)c3)n2)C2CC2)ccc1OCC(N)=O. The molecule has 3 aromatic rings. The van der Waals surface area contributed by atoms with Crippen LogP contribution in [0, 0.1) is 18.7 Å². The highest BCUT2D eigenvalue weighted by atomic mass is 19.1. The van der Waals surface area contributed by atoms with Gasteiger partial charge in [-0.1, -0.05) is 0 Å². The molecule has 1 saturated carbocycles. The molecule has 0 bridgehead atoms. The number of amides is 1. The Labute approximate surface area is 220 Å². The highest BCUT2D eigenvalue weighted by Crippen LogP contribution is 2.49. The Kier molecular flexibility index (Phi) is 7.97. The lowest BCUT2D eigenvalue weighted by Gasteiger charge is -2.28. The number of halogens is 1. The van der Waals surface area contributed by atoms with Crippen LogP contribution in [0.25, 0.3) is 11.3 Å². The molecule has 9 heteroatoms. The number of ketones is 1. The molecule has 0 saturated heterocycles. The molecule has 1 fully saturated rings. The van der Waals surface area contributed by atoms with Crippen molar-refractivity contribution in [1.82, 2.24) is 4.98 Å². The molecule has 4 rings (SSSR count). The highest BCUT2D eigenvalue weighted by molar-refractivity contribution is 5.96. The molecule has 0 unspecified atom stereocenters. The van der Waals surface area contributed by atoms with Crippen LogP contribution in [0.3, 0.4) is 0 Å². The summed E-state index contributed by atoms with van der Waals surface area (Å²) in [5, 5.41) is 11.8. The van der Waals surface area contributed by atoms with Crippen molar-refractivity contribution < 1.29 is 33.3 Å². The van der Waals surface area contributed by atoms with Gasteiger partial charge in [-0.2, -0.15) is 0 Å². The number of nitrogens with two attached hydrogens (primary N) is 1. The molecular weight excluding hydrogens is 491 g/mol. The summed E-state index contributed by atoms with van der Waals surface area (Å²) in [6.07, 6.45) is 1.88. The van der Waals surface area contributed by atoms with Crippen LogP contribution >= 0.6 is 0 Å². The van der Waals surface area contributed by atoms with Crippen molar-refractivity contribution in [2.75, 3.05) is 20.8 Å². The number of hydrogen-bond donors (Lipinski definition) is 2. The molecule has 1 atom stereocenters. The van der Waals surface area contributed by atoms with Crippen molar-refractivity contribution >= 4 is 11.7 Å². The third kappa shape index (κ3) is 5.78. The number of carbonyl (C=O) groups is 2. The van der Waals surface area contributed by atoms with E-state index in [1.807, 2.05) is 0 Å². The molecule has 8 nitrogen and oxygen atoms in total. The summed E-state index contributed by atoms with van der Waals surface area (Å²) in [4.78, 5) is 28.9. The zero-order chi connectivity index (χ0) is 27.4. The van der Waals surface area contributed by atoms with Crippen LogP contribution in [0.2, 0.25) is 0 Å². The van der Waals surface area contributed by atoms with Gasteiger partial charge in [-0.3, -0.25) is 9.59 Å². The van der Waals surface area contributed by atoms with Gasteiger partial charge in [0, 0.05) is 17.5 Å². The largest absolute Gasteiger partial charge is 0.494 e. The molecule has 38 heavy (non-hydrogen) atoms. The average Bonchev–Trinajstić information content (AvgIpc) is 3.77. The Bertz CT molecular complexity index is 1360. The first-order valence-electron chi connectivity index (χ1n) is 12.3. The number of methoxy groups -OCH3 is 2. The van der Waals surface area contributed by atoms with E-state index in [1.165, 1.54) is 26.4 Å². The average molecular weight is 523 g/mol. The number of ether oxygens (including phenoxy) is 3. The van der Waals surface area contributed by atoms with E-state index in [9.17, 15) is 19.1 Å². The Morgan fingerprint density at radius 1 is 1.05 bits per heavy atom. The molecule has 200 valence electrons. The summed E-state index contributed by atoms with van der Waals surface area (Å²) in [6, 6.07) is 12.8. The second kappa shape index (κ2) is 11.2. The first-order valence-corrected chi connectivity index (χ1v) is 12.3. The van der Waals surface area contributed by atoms with Gasteiger partial charge in [-0.25, -0.2) is 9.37 Å². The molecule has 0 radical (unpaired) electrons. The summed E-state index contributed by atoms with van der Waals surface area (Å²) in [7, 11) is 2.96. The van der Waals surface area contributed by atoms with Gasteiger partial charge in [-0.05, 0) is 86.2 Å². The van der Waals surface area contributed by atoms with Gasteiger partial charge >= 0.3 is 0 Å². The number of benzene rings is 2. The summed E-state index contributed by atoms with van der Waals surface area (Å²) in [5.41, 5.74) is 6.28. The minimum atomic E-state index is -1.32. The van der Waals surface area contributed by atoms with Gasteiger partial charge in [0.25, 0.3) is 5.91 Å². The van der Waals surface area contributed by atoms with E-state index in [1.54, 1.807) is 43.3 Å². The molecule has 2 aromatic carbocycles. The van der Waals surface area contributed by atoms with Gasteiger partial charge in [0.05, 0.1) is 19.9 Å². The standard InChI is InChI=1S/C29H31FN2O6/c1-17-14-19(4-8-21(17)30)28-24(36-2)10-11-26(32-28)29(35,20-6-7-20)13-12-22(33)18-5-9-23(25(15-18)37-3)38-16-27(31)34/h4-5,8-11,14-15,20,35H,6-7,12-13,16H2,1-3H3,(H2,31,34)/t29-/m0/s1. The molecule has 1 aliphatic rings. The van der Waals surface area contributed by atoms with Crippen molar-refractivity contribution in [1.29, 1.82) is 0 Å². The fourth-order valence-corrected chi connectivity index (χ4v) is 4.51. The number of aliphatic hydroxyl groups is 1. The van der Waals surface area contributed by atoms with Crippen LogP contribution in [-0.2, 0) is 10.4 Å². The molecular formula is C29H31FN2O6. The van der Waals surface area contributed by atoms with Crippen LogP contribution in [0.5, 0.6) is 17.2 Å². The topological polar surface area (TPSA) is 121 Å². The predicted octanol–water partition coefficient (Wildman–Crippen LogP) is 4.34. The second-order valence-corrected chi connectivity index (χ2v) is 9.45. The molecule has 1 aliphatic carbocycles. The number of Topliss-reactive ketones (excluding diaryl/α,β-unsaturated/α-hetero) is 1. The lowest BCUT2D eigenvalue weighted by atomic mass is 9.86. The van der Waals surface area contributed by atoms with Crippen LogP contribution < -0.4 is 19.9 Å². The van der Waals surface area contributed by atoms with Crippen LogP contribution in [-0.4, -0.2) is 42.6 Å². The van der Waals surface area contributed by atoms with E-state index in [0.29, 0.717) is 45.3 Å². The third-order valence-electron chi connectivity index (χ3n) is 6.79. The number of rotatable bonds is 12. The van der Waals surface area contributed by atoms with Crippen LogP contribution in [0.15, 0.2) is 48.5 Å².